The van der Waals surface area contributed by atoms with Crippen molar-refractivity contribution in [1.29, 1.82) is 0 Å². The Morgan fingerprint density at radius 1 is 1.17 bits per heavy atom. The molecule has 3 nitrogen and oxygen atoms in total. The number of carbonyl (C=O) groups excluding carboxylic acids is 1. The van der Waals surface area contributed by atoms with Gasteiger partial charge in [0.15, 0.2) is 0 Å². The van der Waals surface area contributed by atoms with Gasteiger partial charge in [0.25, 0.3) is 0 Å². The lowest BCUT2D eigenvalue weighted by atomic mass is 9.77. The van der Waals surface area contributed by atoms with Gasteiger partial charge in [-0.05, 0) is 51.0 Å². The van der Waals surface area contributed by atoms with Gasteiger partial charge in [0, 0.05) is 13.1 Å². The zero-order chi connectivity index (χ0) is 13.2. The third kappa shape index (κ3) is 2.71. The van der Waals surface area contributed by atoms with Crippen LogP contribution in [0.4, 0.5) is 0 Å². The van der Waals surface area contributed by atoms with E-state index >= 15 is 0 Å². The minimum absolute atomic E-state index is 0.293. The number of hydrogen-bond donors (Lipinski definition) is 1. The quantitative estimate of drug-likeness (QED) is 0.819. The first-order valence-corrected chi connectivity index (χ1v) is 7.54. The molecule has 2 aliphatic rings. The summed E-state index contributed by atoms with van der Waals surface area (Å²) >= 11 is 0. The fourth-order valence-corrected chi connectivity index (χ4v) is 3.19. The predicted molar refractivity (Wildman–Crippen MR) is 74.5 cm³/mol. The minimum Gasteiger partial charge on any atom is -0.341 e. The van der Waals surface area contributed by atoms with Crippen molar-refractivity contribution in [2.75, 3.05) is 19.6 Å². The summed E-state index contributed by atoms with van der Waals surface area (Å²) in [6.45, 7) is 9.59. The molecule has 0 saturated carbocycles. The van der Waals surface area contributed by atoms with E-state index in [0.717, 1.165) is 38.9 Å². The molecule has 2 heterocycles. The van der Waals surface area contributed by atoms with Crippen molar-refractivity contribution >= 4 is 5.91 Å². The van der Waals surface area contributed by atoms with E-state index in [1.807, 2.05) is 0 Å². The molecule has 0 radical (unpaired) electrons. The smallest absolute Gasteiger partial charge is 0.242 e. The van der Waals surface area contributed by atoms with Crippen LogP contribution >= 0.6 is 0 Å². The molecule has 2 rings (SSSR count). The molecule has 0 aromatic heterocycles. The highest BCUT2D eigenvalue weighted by Gasteiger charge is 2.39. The van der Waals surface area contributed by atoms with Gasteiger partial charge in [-0.1, -0.05) is 20.3 Å². The maximum absolute atomic E-state index is 12.6. The molecule has 1 atom stereocenters. The fraction of sp³-hybridized carbons (Fsp3) is 0.933. The van der Waals surface area contributed by atoms with Gasteiger partial charge < -0.3 is 10.2 Å². The Kier molecular flexibility index (Phi) is 4.00. The van der Waals surface area contributed by atoms with Crippen LogP contribution in [0.3, 0.4) is 0 Å². The van der Waals surface area contributed by atoms with Crippen LogP contribution in [0.5, 0.6) is 0 Å². The normalized spacial score (nSPS) is 32.3. The van der Waals surface area contributed by atoms with Crippen LogP contribution in [0, 0.1) is 5.41 Å². The van der Waals surface area contributed by atoms with Gasteiger partial charge in [-0.15, -0.1) is 0 Å². The number of amides is 1. The Labute approximate surface area is 111 Å². The van der Waals surface area contributed by atoms with E-state index in [1.54, 1.807) is 0 Å². The number of rotatable bonds is 2. The summed E-state index contributed by atoms with van der Waals surface area (Å²) in [6, 6.07) is 0. The van der Waals surface area contributed by atoms with Gasteiger partial charge in [0.1, 0.15) is 0 Å². The lowest BCUT2D eigenvalue weighted by Gasteiger charge is -2.43. The maximum Gasteiger partial charge on any atom is 0.242 e. The number of carbonyl (C=O) groups is 1. The summed E-state index contributed by atoms with van der Waals surface area (Å²) in [5.41, 5.74) is 0.163. The molecule has 1 N–H and O–H groups in total. The van der Waals surface area contributed by atoms with Crippen molar-refractivity contribution in [3.8, 4) is 0 Å². The van der Waals surface area contributed by atoms with E-state index in [2.05, 4.69) is 31.0 Å². The Bertz CT molecular complexity index is 300. The summed E-state index contributed by atoms with van der Waals surface area (Å²) in [6.07, 6.45) is 6.92. The number of nitrogens with one attached hydrogen (secondary N) is 1. The predicted octanol–water partition coefficient (Wildman–Crippen LogP) is 2.56. The van der Waals surface area contributed by atoms with Crippen molar-refractivity contribution in [1.82, 2.24) is 10.2 Å². The monoisotopic (exact) mass is 252 g/mol. The molecule has 0 aromatic rings. The van der Waals surface area contributed by atoms with E-state index in [0.29, 0.717) is 11.3 Å². The van der Waals surface area contributed by atoms with E-state index in [9.17, 15) is 4.79 Å². The summed E-state index contributed by atoms with van der Waals surface area (Å²) < 4.78 is 0. The molecule has 18 heavy (non-hydrogen) atoms. The lowest BCUT2D eigenvalue weighted by Crippen LogP contribution is -2.59. The molecule has 0 bridgehead atoms. The zero-order valence-electron chi connectivity index (χ0n) is 12.2. The second-order valence-corrected chi connectivity index (χ2v) is 6.67. The fourth-order valence-electron chi connectivity index (χ4n) is 3.19. The van der Waals surface area contributed by atoms with Crippen LogP contribution in [-0.4, -0.2) is 36.0 Å². The highest BCUT2D eigenvalue weighted by Crippen LogP contribution is 2.35. The van der Waals surface area contributed by atoms with Gasteiger partial charge in [-0.25, -0.2) is 0 Å². The Hall–Kier alpha value is -0.570. The van der Waals surface area contributed by atoms with Crippen molar-refractivity contribution < 1.29 is 4.79 Å². The lowest BCUT2D eigenvalue weighted by molar-refractivity contribution is -0.141. The van der Waals surface area contributed by atoms with E-state index in [4.69, 9.17) is 0 Å². The van der Waals surface area contributed by atoms with Gasteiger partial charge in [-0.3, -0.25) is 4.79 Å². The molecule has 0 aromatic carbocycles. The average Bonchev–Trinajstić information content (AvgIpc) is 2.40. The van der Waals surface area contributed by atoms with E-state index in [-0.39, 0.29) is 5.54 Å². The summed E-state index contributed by atoms with van der Waals surface area (Å²) in [4.78, 5) is 14.7. The van der Waals surface area contributed by atoms with E-state index < -0.39 is 0 Å². The number of likely N-dealkylation sites (tertiary alicyclic amines) is 1. The highest BCUT2D eigenvalue weighted by molar-refractivity contribution is 5.86. The number of nitrogens with zero attached hydrogens (tertiary/aromatic N) is 1. The molecular formula is C15H28N2O. The van der Waals surface area contributed by atoms with Gasteiger partial charge in [0.05, 0.1) is 5.54 Å². The third-order valence-corrected chi connectivity index (χ3v) is 5.20. The Morgan fingerprint density at radius 3 is 2.33 bits per heavy atom. The third-order valence-electron chi connectivity index (χ3n) is 5.20. The average molecular weight is 252 g/mol. The molecule has 0 aliphatic carbocycles. The molecule has 0 spiro atoms. The molecule has 1 amide bonds. The molecule has 3 heteroatoms. The van der Waals surface area contributed by atoms with Crippen molar-refractivity contribution in [2.24, 2.45) is 5.41 Å². The first-order chi connectivity index (χ1) is 8.49. The first-order valence-electron chi connectivity index (χ1n) is 7.54. The molecule has 1 unspecified atom stereocenters. The molecule has 2 aliphatic heterocycles. The molecule has 104 valence electrons. The number of hydrogen-bond acceptors (Lipinski definition) is 2. The van der Waals surface area contributed by atoms with E-state index in [1.165, 1.54) is 19.3 Å². The Balaban J connectivity index is 1.95. The summed E-state index contributed by atoms with van der Waals surface area (Å²) in [5, 5.41) is 3.44. The van der Waals surface area contributed by atoms with Crippen LogP contribution in [-0.2, 0) is 4.79 Å². The Morgan fingerprint density at radius 2 is 1.83 bits per heavy atom. The largest absolute Gasteiger partial charge is 0.341 e. The standard InChI is InChI=1S/C15H28N2O/c1-4-14(2)8-11-17(12-9-14)13(18)15(3)7-5-6-10-16-15/h16H,4-12H2,1-3H3. The van der Waals surface area contributed by atoms with Gasteiger partial charge >= 0.3 is 0 Å². The second-order valence-electron chi connectivity index (χ2n) is 6.67. The summed E-state index contributed by atoms with van der Waals surface area (Å²) in [7, 11) is 0. The van der Waals surface area contributed by atoms with Crippen molar-refractivity contribution in [3.63, 3.8) is 0 Å². The van der Waals surface area contributed by atoms with Gasteiger partial charge in [0.2, 0.25) is 5.91 Å². The van der Waals surface area contributed by atoms with Gasteiger partial charge in [-0.2, -0.15) is 0 Å². The van der Waals surface area contributed by atoms with Crippen LogP contribution < -0.4 is 5.32 Å². The zero-order valence-corrected chi connectivity index (χ0v) is 12.2. The van der Waals surface area contributed by atoms with Crippen LogP contribution in [0.2, 0.25) is 0 Å². The maximum atomic E-state index is 12.6. The van der Waals surface area contributed by atoms with Crippen LogP contribution in [0.25, 0.3) is 0 Å². The number of piperidine rings is 2. The topological polar surface area (TPSA) is 32.3 Å². The van der Waals surface area contributed by atoms with Crippen molar-refractivity contribution in [2.45, 2.75) is 64.8 Å². The minimum atomic E-state index is -0.293. The van der Waals surface area contributed by atoms with Crippen LogP contribution in [0.1, 0.15) is 59.3 Å². The molecule has 2 saturated heterocycles. The highest BCUT2D eigenvalue weighted by atomic mass is 16.2. The molecular weight excluding hydrogens is 224 g/mol. The summed E-state index contributed by atoms with van der Waals surface area (Å²) in [5.74, 6) is 0.334. The second kappa shape index (κ2) is 5.20. The first kappa shape index (κ1) is 13.9. The van der Waals surface area contributed by atoms with Crippen LogP contribution in [0.15, 0.2) is 0 Å². The van der Waals surface area contributed by atoms with Crippen molar-refractivity contribution in [3.05, 3.63) is 0 Å². The molecule has 2 fully saturated rings. The SMILES string of the molecule is CCC1(C)CCN(C(=O)C2(C)CCCCN2)CC1.